The van der Waals surface area contributed by atoms with Gasteiger partial charge in [0.1, 0.15) is 5.82 Å². The molecule has 0 amide bonds. The van der Waals surface area contributed by atoms with E-state index in [1.54, 1.807) is 6.20 Å². The van der Waals surface area contributed by atoms with Crippen molar-refractivity contribution in [1.29, 1.82) is 0 Å². The van der Waals surface area contributed by atoms with Crippen molar-refractivity contribution in [3.05, 3.63) is 23.9 Å². The van der Waals surface area contributed by atoms with Crippen molar-refractivity contribution in [3.63, 3.8) is 0 Å². The van der Waals surface area contributed by atoms with Crippen LogP contribution >= 0.6 is 12.6 Å². The molecular formula is C7H10N2S. The summed E-state index contributed by atoms with van der Waals surface area (Å²) in [6.45, 7) is 1.97. The topological polar surface area (TPSA) is 38.9 Å². The number of anilines is 1. The molecule has 0 saturated heterocycles. The number of nitrogens with zero attached hydrogens (tertiary/aromatic N) is 1. The molecule has 3 heteroatoms. The van der Waals surface area contributed by atoms with Crippen LogP contribution in [0, 0.1) is 0 Å². The fourth-order valence-electron chi connectivity index (χ4n) is 0.783. The predicted molar refractivity (Wildman–Crippen MR) is 46.1 cm³/mol. The quantitative estimate of drug-likeness (QED) is 0.604. The second kappa shape index (κ2) is 2.92. The fraction of sp³-hybridized carbons (Fsp3) is 0.286. The minimum atomic E-state index is 0.161. The highest BCUT2D eigenvalue weighted by molar-refractivity contribution is 7.80. The zero-order chi connectivity index (χ0) is 7.56. The van der Waals surface area contributed by atoms with E-state index in [1.165, 1.54) is 0 Å². The molecule has 0 aliphatic heterocycles. The van der Waals surface area contributed by atoms with Crippen molar-refractivity contribution in [2.75, 3.05) is 5.73 Å². The molecule has 1 aromatic heterocycles. The zero-order valence-electron chi connectivity index (χ0n) is 5.78. The number of hydrogen-bond acceptors (Lipinski definition) is 3. The molecule has 0 spiro atoms. The van der Waals surface area contributed by atoms with Gasteiger partial charge < -0.3 is 5.73 Å². The Balaban J connectivity index is 3.03. The minimum absolute atomic E-state index is 0.161. The Morgan fingerprint density at radius 2 is 2.40 bits per heavy atom. The molecule has 2 N–H and O–H groups in total. The first-order chi connectivity index (χ1) is 4.72. The lowest BCUT2D eigenvalue weighted by atomic mass is 10.2. The normalized spacial score (nSPS) is 13.0. The van der Waals surface area contributed by atoms with Gasteiger partial charge >= 0.3 is 0 Å². The molecule has 2 nitrogen and oxygen atoms in total. The molecule has 1 aromatic rings. The second-order valence-electron chi connectivity index (χ2n) is 2.15. The van der Waals surface area contributed by atoms with E-state index in [4.69, 9.17) is 5.73 Å². The molecule has 0 saturated carbocycles. The van der Waals surface area contributed by atoms with Gasteiger partial charge in [-0.15, -0.1) is 0 Å². The van der Waals surface area contributed by atoms with E-state index in [0.717, 1.165) is 5.56 Å². The van der Waals surface area contributed by atoms with Gasteiger partial charge in [-0.1, -0.05) is 6.07 Å². The maximum atomic E-state index is 5.56. The van der Waals surface area contributed by atoms with E-state index >= 15 is 0 Å². The summed E-state index contributed by atoms with van der Waals surface area (Å²) in [6, 6.07) is 3.79. The van der Waals surface area contributed by atoms with Crippen LogP contribution in [-0.2, 0) is 0 Å². The molecule has 0 radical (unpaired) electrons. The summed E-state index contributed by atoms with van der Waals surface area (Å²) in [4.78, 5) is 3.93. The highest BCUT2D eigenvalue weighted by Gasteiger charge is 2.02. The summed E-state index contributed by atoms with van der Waals surface area (Å²) < 4.78 is 0. The lowest BCUT2D eigenvalue weighted by Crippen LogP contribution is -1.96. The van der Waals surface area contributed by atoms with Crippen molar-refractivity contribution in [3.8, 4) is 0 Å². The predicted octanol–water partition coefficient (Wildman–Crippen LogP) is 1.65. The lowest BCUT2D eigenvalue weighted by molar-refractivity contribution is 1.09. The number of nitrogens with two attached hydrogens (primary N) is 1. The number of nitrogen functional groups attached to an aromatic ring is 1. The van der Waals surface area contributed by atoms with Crippen LogP contribution in [0.2, 0.25) is 0 Å². The third-order valence-corrected chi connectivity index (χ3v) is 1.60. The molecule has 1 unspecified atom stereocenters. The van der Waals surface area contributed by atoms with Gasteiger partial charge in [-0.3, -0.25) is 0 Å². The van der Waals surface area contributed by atoms with Crippen molar-refractivity contribution in [2.24, 2.45) is 0 Å². The van der Waals surface area contributed by atoms with Crippen molar-refractivity contribution >= 4 is 18.4 Å². The van der Waals surface area contributed by atoms with Crippen LogP contribution in [0.25, 0.3) is 0 Å². The summed E-state index contributed by atoms with van der Waals surface area (Å²) in [6.07, 6.45) is 1.68. The molecule has 0 bridgehead atoms. The number of aromatic nitrogens is 1. The number of pyridine rings is 1. The molecule has 0 aromatic carbocycles. The first-order valence-electron chi connectivity index (χ1n) is 3.10. The number of thiol groups is 1. The van der Waals surface area contributed by atoms with Crippen molar-refractivity contribution in [1.82, 2.24) is 4.98 Å². The van der Waals surface area contributed by atoms with Crippen molar-refractivity contribution < 1.29 is 0 Å². The van der Waals surface area contributed by atoms with Gasteiger partial charge in [0.05, 0.1) is 0 Å². The van der Waals surface area contributed by atoms with E-state index < -0.39 is 0 Å². The van der Waals surface area contributed by atoms with Crippen molar-refractivity contribution in [2.45, 2.75) is 12.2 Å². The van der Waals surface area contributed by atoms with Crippen LogP contribution in [0.15, 0.2) is 18.3 Å². The number of hydrogen-bond donors (Lipinski definition) is 2. The van der Waals surface area contributed by atoms with Crippen LogP contribution in [0.4, 0.5) is 5.82 Å². The third kappa shape index (κ3) is 1.42. The standard InChI is InChI=1S/C7H10N2S/c1-5(10)6-3-2-4-9-7(6)8/h2-5,10H,1H3,(H2,8,9). The molecule has 0 aliphatic rings. The van der Waals surface area contributed by atoms with Gasteiger partial charge in [0.15, 0.2) is 0 Å². The summed E-state index contributed by atoms with van der Waals surface area (Å²) in [5.74, 6) is 0.574. The SMILES string of the molecule is CC(S)c1cccnc1N. The molecule has 1 heterocycles. The largest absolute Gasteiger partial charge is 0.383 e. The van der Waals surface area contributed by atoms with E-state index in [1.807, 2.05) is 19.1 Å². The van der Waals surface area contributed by atoms with Gasteiger partial charge in [-0.2, -0.15) is 12.6 Å². The zero-order valence-corrected chi connectivity index (χ0v) is 6.68. The van der Waals surface area contributed by atoms with Crippen LogP contribution < -0.4 is 5.73 Å². The van der Waals surface area contributed by atoms with E-state index in [9.17, 15) is 0 Å². The molecule has 0 aliphatic carbocycles. The lowest BCUT2D eigenvalue weighted by Gasteiger charge is -2.05. The van der Waals surface area contributed by atoms with Gasteiger partial charge in [0.25, 0.3) is 0 Å². The monoisotopic (exact) mass is 154 g/mol. The van der Waals surface area contributed by atoms with Crippen LogP contribution in [0.5, 0.6) is 0 Å². The van der Waals surface area contributed by atoms with Crippen LogP contribution in [0.1, 0.15) is 17.7 Å². The average Bonchev–Trinajstić information content (AvgIpc) is 1.88. The van der Waals surface area contributed by atoms with Crippen LogP contribution in [-0.4, -0.2) is 4.98 Å². The van der Waals surface area contributed by atoms with E-state index in [2.05, 4.69) is 17.6 Å². The second-order valence-corrected chi connectivity index (χ2v) is 2.93. The maximum Gasteiger partial charge on any atom is 0.127 e. The summed E-state index contributed by atoms with van der Waals surface area (Å²) >= 11 is 4.24. The Kier molecular flexibility index (Phi) is 2.17. The Hall–Kier alpha value is -0.700. The Labute approximate surface area is 65.9 Å². The summed E-state index contributed by atoms with van der Waals surface area (Å²) in [5.41, 5.74) is 6.55. The van der Waals surface area contributed by atoms with Gasteiger partial charge in [0, 0.05) is 17.0 Å². The Bertz CT molecular complexity index is 223. The highest BCUT2D eigenvalue weighted by Crippen LogP contribution is 2.21. The first kappa shape index (κ1) is 7.41. The fourth-order valence-corrected chi connectivity index (χ4v) is 1.00. The van der Waals surface area contributed by atoms with Gasteiger partial charge in [-0.25, -0.2) is 4.98 Å². The molecule has 1 atom stereocenters. The Morgan fingerprint density at radius 3 is 2.80 bits per heavy atom. The smallest absolute Gasteiger partial charge is 0.127 e. The average molecular weight is 154 g/mol. The van der Waals surface area contributed by atoms with E-state index in [-0.39, 0.29) is 5.25 Å². The first-order valence-corrected chi connectivity index (χ1v) is 3.62. The molecule has 1 rings (SSSR count). The molecule has 0 fully saturated rings. The van der Waals surface area contributed by atoms with Crippen LogP contribution in [0.3, 0.4) is 0 Å². The Morgan fingerprint density at radius 1 is 1.70 bits per heavy atom. The minimum Gasteiger partial charge on any atom is -0.383 e. The maximum absolute atomic E-state index is 5.56. The molecular weight excluding hydrogens is 144 g/mol. The molecule has 10 heavy (non-hydrogen) atoms. The van der Waals surface area contributed by atoms with E-state index in [0.29, 0.717) is 5.82 Å². The van der Waals surface area contributed by atoms with Gasteiger partial charge in [-0.05, 0) is 13.0 Å². The summed E-state index contributed by atoms with van der Waals surface area (Å²) in [5, 5.41) is 0.161. The number of rotatable bonds is 1. The third-order valence-electron chi connectivity index (χ3n) is 1.32. The summed E-state index contributed by atoms with van der Waals surface area (Å²) in [7, 11) is 0. The molecule has 54 valence electrons. The van der Waals surface area contributed by atoms with Gasteiger partial charge in [0.2, 0.25) is 0 Å². The highest BCUT2D eigenvalue weighted by atomic mass is 32.1.